The van der Waals surface area contributed by atoms with E-state index >= 15 is 0 Å². The largest absolute Gasteiger partial charge is 0.395 e. The van der Waals surface area contributed by atoms with Gasteiger partial charge in [0, 0.05) is 24.4 Å². The van der Waals surface area contributed by atoms with Gasteiger partial charge in [-0.05, 0) is 6.07 Å². The van der Waals surface area contributed by atoms with E-state index in [0.29, 0.717) is 5.69 Å². The molecule has 7 heteroatoms. The average molecular weight is 225 g/mol. The summed E-state index contributed by atoms with van der Waals surface area (Å²) in [6, 6.07) is 5.07. The maximum Gasteiger partial charge on any atom is 0.319 e. The van der Waals surface area contributed by atoms with Crippen molar-refractivity contribution in [2.75, 3.05) is 18.5 Å². The Hall–Kier alpha value is -2.15. The Morgan fingerprint density at radius 1 is 1.50 bits per heavy atom. The SMILES string of the molecule is O=C(NCCO)Nc1cccc([N+](=O)[O-])c1. The van der Waals surface area contributed by atoms with E-state index in [4.69, 9.17) is 5.11 Å². The minimum absolute atomic E-state index is 0.0973. The second-order valence-corrected chi connectivity index (χ2v) is 2.91. The Labute approximate surface area is 91.2 Å². The number of nitro benzene ring substituents is 1. The van der Waals surface area contributed by atoms with Crippen molar-refractivity contribution in [2.45, 2.75) is 0 Å². The van der Waals surface area contributed by atoms with Crippen LogP contribution in [-0.4, -0.2) is 29.2 Å². The summed E-state index contributed by atoms with van der Waals surface area (Å²) < 4.78 is 0. The Balaban J connectivity index is 2.63. The highest BCUT2D eigenvalue weighted by atomic mass is 16.6. The fraction of sp³-hybridized carbons (Fsp3) is 0.222. The van der Waals surface area contributed by atoms with Gasteiger partial charge >= 0.3 is 6.03 Å². The van der Waals surface area contributed by atoms with Gasteiger partial charge in [0.05, 0.1) is 11.5 Å². The van der Waals surface area contributed by atoms with E-state index in [1.807, 2.05) is 0 Å². The first-order chi connectivity index (χ1) is 7.63. The van der Waals surface area contributed by atoms with Crippen LogP contribution in [0.5, 0.6) is 0 Å². The molecule has 0 atom stereocenters. The molecule has 1 aromatic carbocycles. The third-order valence-electron chi connectivity index (χ3n) is 1.71. The molecule has 1 aromatic rings. The zero-order valence-corrected chi connectivity index (χ0v) is 8.34. The first kappa shape index (κ1) is 11.9. The molecule has 0 heterocycles. The van der Waals surface area contributed by atoms with Gasteiger partial charge in [-0.2, -0.15) is 0 Å². The van der Waals surface area contributed by atoms with Gasteiger partial charge in [-0.25, -0.2) is 4.79 Å². The summed E-state index contributed by atoms with van der Waals surface area (Å²) in [4.78, 5) is 21.1. The number of rotatable bonds is 4. The molecular weight excluding hydrogens is 214 g/mol. The number of nitro groups is 1. The van der Waals surface area contributed by atoms with E-state index in [2.05, 4.69) is 10.6 Å². The number of non-ortho nitro benzene ring substituents is 1. The third-order valence-corrected chi connectivity index (χ3v) is 1.71. The Kier molecular flexibility index (Phi) is 4.22. The number of aliphatic hydroxyl groups is 1. The third kappa shape index (κ3) is 3.54. The number of anilines is 1. The summed E-state index contributed by atoms with van der Waals surface area (Å²) in [5.41, 5.74) is 0.226. The molecule has 0 spiro atoms. The number of hydrogen-bond acceptors (Lipinski definition) is 4. The summed E-state index contributed by atoms with van der Waals surface area (Å²) >= 11 is 0. The summed E-state index contributed by atoms with van der Waals surface area (Å²) in [5, 5.41) is 23.7. The molecule has 3 N–H and O–H groups in total. The number of hydrogen-bond donors (Lipinski definition) is 3. The van der Waals surface area contributed by atoms with Crippen molar-refractivity contribution in [3.8, 4) is 0 Å². The number of carbonyl (C=O) groups is 1. The van der Waals surface area contributed by atoms with Gasteiger partial charge in [0.2, 0.25) is 0 Å². The number of carbonyl (C=O) groups excluding carboxylic acids is 1. The summed E-state index contributed by atoms with van der Waals surface area (Å²) in [6.07, 6.45) is 0. The average Bonchev–Trinajstić information content (AvgIpc) is 2.26. The topological polar surface area (TPSA) is 104 Å². The van der Waals surface area contributed by atoms with Crippen molar-refractivity contribution in [1.29, 1.82) is 0 Å². The van der Waals surface area contributed by atoms with Crippen LogP contribution in [0.25, 0.3) is 0 Å². The van der Waals surface area contributed by atoms with E-state index in [1.165, 1.54) is 24.3 Å². The van der Waals surface area contributed by atoms with Crippen LogP contribution in [0.3, 0.4) is 0 Å². The molecule has 0 unspecified atom stereocenters. The highest BCUT2D eigenvalue weighted by Crippen LogP contribution is 2.16. The molecule has 0 bridgehead atoms. The van der Waals surface area contributed by atoms with Gasteiger partial charge in [0.1, 0.15) is 0 Å². The van der Waals surface area contributed by atoms with E-state index in [-0.39, 0.29) is 18.8 Å². The molecular formula is C9H11N3O4. The molecule has 0 aliphatic heterocycles. The Morgan fingerprint density at radius 2 is 2.25 bits per heavy atom. The molecule has 86 valence electrons. The van der Waals surface area contributed by atoms with Crippen LogP contribution in [0.4, 0.5) is 16.2 Å². The molecule has 0 aliphatic carbocycles. The van der Waals surface area contributed by atoms with E-state index in [0.717, 1.165) is 0 Å². The van der Waals surface area contributed by atoms with Gasteiger partial charge < -0.3 is 15.7 Å². The molecule has 0 saturated heterocycles. The standard InChI is InChI=1S/C9H11N3O4/c13-5-4-10-9(14)11-7-2-1-3-8(6-7)12(15)16/h1-3,6,13H,4-5H2,(H2,10,11,14). The van der Waals surface area contributed by atoms with Gasteiger partial charge in [0.25, 0.3) is 5.69 Å². The zero-order valence-electron chi connectivity index (χ0n) is 8.34. The summed E-state index contributed by atoms with van der Waals surface area (Å²) in [7, 11) is 0. The van der Waals surface area contributed by atoms with Crippen molar-refractivity contribution in [3.05, 3.63) is 34.4 Å². The molecule has 0 radical (unpaired) electrons. The number of benzene rings is 1. The Morgan fingerprint density at radius 3 is 2.88 bits per heavy atom. The normalized spacial score (nSPS) is 9.56. The van der Waals surface area contributed by atoms with Crippen molar-refractivity contribution >= 4 is 17.4 Å². The highest BCUT2D eigenvalue weighted by molar-refractivity contribution is 5.89. The quantitative estimate of drug-likeness (QED) is 0.518. The lowest BCUT2D eigenvalue weighted by Gasteiger charge is -2.05. The lowest BCUT2D eigenvalue weighted by molar-refractivity contribution is -0.384. The molecule has 0 saturated carbocycles. The number of aliphatic hydroxyl groups excluding tert-OH is 1. The smallest absolute Gasteiger partial charge is 0.319 e. The lowest BCUT2D eigenvalue weighted by Crippen LogP contribution is -2.30. The highest BCUT2D eigenvalue weighted by Gasteiger charge is 2.07. The number of urea groups is 1. The first-order valence-electron chi connectivity index (χ1n) is 4.53. The second-order valence-electron chi connectivity index (χ2n) is 2.91. The van der Waals surface area contributed by atoms with E-state index < -0.39 is 11.0 Å². The maximum atomic E-state index is 11.1. The fourth-order valence-corrected chi connectivity index (χ4v) is 1.04. The predicted octanol–water partition coefficient (Wildman–Crippen LogP) is 0.709. The van der Waals surface area contributed by atoms with Gasteiger partial charge in [-0.3, -0.25) is 10.1 Å². The van der Waals surface area contributed by atoms with Crippen LogP contribution in [0.2, 0.25) is 0 Å². The van der Waals surface area contributed by atoms with Crippen LogP contribution < -0.4 is 10.6 Å². The maximum absolute atomic E-state index is 11.1. The second kappa shape index (κ2) is 5.66. The molecule has 7 nitrogen and oxygen atoms in total. The summed E-state index contributed by atoms with van der Waals surface area (Å²) in [5.74, 6) is 0. The van der Waals surface area contributed by atoms with Crippen LogP contribution in [0.1, 0.15) is 0 Å². The molecule has 16 heavy (non-hydrogen) atoms. The first-order valence-corrected chi connectivity index (χ1v) is 4.53. The van der Waals surface area contributed by atoms with Crippen molar-refractivity contribution in [2.24, 2.45) is 0 Å². The van der Waals surface area contributed by atoms with Crippen LogP contribution in [0, 0.1) is 10.1 Å². The predicted molar refractivity (Wildman–Crippen MR) is 57.2 cm³/mol. The summed E-state index contributed by atoms with van der Waals surface area (Å²) in [6.45, 7) is -0.0386. The molecule has 0 aromatic heterocycles. The van der Waals surface area contributed by atoms with Crippen LogP contribution in [-0.2, 0) is 0 Å². The van der Waals surface area contributed by atoms with Crippen LogP contribution >= 0.6 is 0 Å². The van der Waals surface area contributed by atoms with Gasteiger partial charge in [0.15, 0.2) is 0 Å². The number of nitrogens with one attached hydrogen (secondary N) is 2. The monoisotopic (exact) mass is 225 g/mol. The van der Waals surface area contributed by atoms with Crippen molar-refractivity contribution < 1.29 is 14.8 Å². The molecule has 0 fully saturated rings. The molecule has 0 aliphatic rings. The Bertz CT molecular complexity index is 394. The van der Waals surface area contributed by atoms with Gasteiger partial charge in [-0.1, -0.05) is 6.07 Å². The lowest BCUT2D eigenvalue weighted by atomic mass is 10.3. The zero-order chi connectivity index (χ0) is 12.0. The number of amides is 2. The van der Waals surface area contributed by atoms with E-state index in [1.54, 1.807) is 0 Å². The minimum atomic E-state index is -0.545. The number of nitrogens with zero attached hydrogens (tertiary/aromatic N) is 1. The van der Waals surface area contributed by atoms with Crippen molar-refractivity contribution in [1.82, 2.24) is 5.32 Å². The van der Waals surface area contributed by atoms with E-state index in [9.17, 15) is 14.9 Å². The van der Waals surface area contributed by atoms with Crippen LogP contribution in [0.15, 0.2) is 24.3 Å². The minimum Gasteiger partial charge on any atom is -0.395 e. The fourth-order valence-electron chi connectivity index (χ4n) is 1.04. The van der Waals surface area contributed by atoms with Gasteiger partial charge in [-0.15, -0.1) is 0 Å². The molecule has 2 amide bonds. The van der Waals surface area contributed by atoms with Crippen molar-refractivity contribution in [3.63, 3.8) is 0 Å². The molecule has 1 rings (SSSR count).